The number of H-pyrrole nitrogens is 1. The van der Waals surface area contributed by atoms with Gasteiger partial charge >= 0.3 is 0 Å². The smallest absolute Gasteiger partial charge is 0.273 e. The molecule has 0 unspecified atom stereocenters. The SMILES string of the molecule is COc1ccc2c(CCNC(=O)c3cc(Cc4cccc(F)c4)on3)c[nH]c2c1. The van der Waals surface area contributed by atoms with Crippen molar-refractivity contribution in [2.45, 2.75) is 12.8 Å². The van der Waals surface area contributed by atoms with Gasteiger partial charge in [-0.25, -0.2) is 4.39 Å². The fraction of sp³-hybridized carbons (Fsp3) is 0.182. The summed E-state index contributed by atoms with van der Waals surface area (Å²) in [5.74, 6) is 0.682. The Labute approximate surface area is 166 Å². The topological polar surface area (TPSA) is 80.2 Å². The molecule has 6 nitrogen and oxygen atoms in total. The number of nitrogens with one attached hydrogen (secondary N) is 2. The summed E-state index contributed by atoms with van der Waals surface area (Å²) in [5, 5.41) is 7.77. The van der Waals surface area contributed by atoms with Gasteiger partial charge in [0, 0.05) is 42.2 Å². The molecule has 7 heteroatoms. The molecule has 2 aromatic carbocycles. The van der Waals surface area contributed by atoms with E-state index in [4.69, 9.17) is 9.26 Å². The molecular formula is C22H20FN3O3. The van der Waals surface area contributed by atoms with Crippen LogP contribution in [0, 0.1) is 5.82 Å². The summed E-state index contributed by atoms with van der Waals surface area (Å²) >= 11 is 0. The first-order valence-corrected chi connectivity index (χ1v) is 9.24. The Kier molecular flexibility index (Phi) is 5.29. The number of aromatic nitrogens is 2. The van der Waals surface area contributed by atoms with Crippen LogP contribution >= 0.6 is 0 Å². The number of hydrogen-bond donors (Lipinski definition) is 2. The van der Waals surface area contributed by atoms with Gasteiger partial charge in [-0.05, 0) is 41.8 Å². The van der Waals surface area contributed by atoms with Gasteiger partial charge in [0.15, 0.2) is 5.69 Å². The highest BCUT2D eigenvalue weighted by atomic mass is 19.1. The molecule has 0 aliphatic rings. The van der Waals surface area contributed by atoms with Gasteiger partial charge in [-0.15, -0.1) is 0 Å². The Balaban J connectivity index is 1.34. The van der Waals surface area contributed by atoms with Crippen LogP contribution in [0.2, 0.25) is 0 Å². The van der Waals surface area contributed by atoms with Crippen molar-refractivity contribution in [1.82, 2.24) is 15.5 Å². The molecule has 148 valence electrons. The predicted octanol–water partition coefficient (Wildman–Crippen LogP) is 3.87. The zero-order valence-corrected chi connectivity index (χ0v) is 15.9. The lowest BCUT2D eigenvalue weighted by Gasteiger charge is -2.03. The first kappa shape index (κ1) is 18.7. The van der Waals surface area contributed by atoms with E-state index in [1.54, 1.807) is 25.3 Å². The zero-order valence-electron chi connectivity index (χ0n) is 15.9. The van der Waals surface area contributed by atoms with E-state index in [0.717, 1.165) is 27.8 Å². The second-order valence-corrected chi connectivity index (χ2v) is 6.72. The molecule has 0 fully saturated rings. The molecule has 0 aliphatic carbocycles. The molecule has 29 heavy (non-hydrogen) atoms. The molecule has 2 heterocycles. The molecule has 0 spiro atoms. The lowest BCUT2D eigenvalue weighted by Crippen LogP contribution is -2.25. The highest BCUT2D eigenvalue weighted by molar-refractivity contribution is 5.92. The maximum Gasteiger partial charge on any atom is 0.273 e. The number of nitrogens with zero attached hydrogens (tertiary/aromatic N) is 1. The van der Waals surface area contributed by atoms with Crippen LogP contribution in [0.4, 0.5) is 4.39 Å². The number of fused-ring (bicyclic) bond motifs is 1. The molecule has 4 aromatic rings. The van der Waals surface area contributed by atoms with Crippen LogP contribution in [-0.2, 0) is 12.8 Å². The molecular weight excluding hydrogens is 373 g/mol. The number of ether oxygens (including phenoxy) is 1. The van der Waals surface area contributed by atoms with Crippen LogP contribution in [0.15, 0.2) is 59.3 Å². The molecule has 0 saturated carbocycles. The number of carbonyl (C=O) groups excluding carboxylic acids is 1. The van der Waals surface area contributed by atoms with Gasteiger partial charge in [-0.3, -0.25) is 4.79 Å². The lowest BCUT2D eigenvalue weighted by atomic mass is 10.1. The van der Waals surface area contributed by atoms with Crippen LogP contribution in [0.3, 0.4) is 0 Å². The minimum absolute atomic E-state index is 0.208. The van der Waals surface area contributed by atoms with Gasteiger partial charge in [0.25, 0.3) is 5.91 Å². The Morgan fingerprint density at radius 3 is 2.97 bits per heavy atom. The number of benzene rings is 2. The van der Waals surface area contributed by atoms with Crippen molar-refractivity contribution in [3.8, 4) is 5.75 Å². The molecule has 4 rings (SSSR count). The number of amides is 1. The van der Waals surface area contributed by atoms with Crippen molar-refractivity contribution >= 4 is 16.8 Å². The van der Waals surface area contributed by atoms with Gasteiger partial charge < -0.3 is 19.6 Å². The van der Waals surface area contributed by atoms with E-state index in [0.29, 0.717) is 25.1 Å². The van der Waals surface area contributed by atoms with Gasteiger partial charge in [0.05, 0.1) is 7.11 Å². The first-order valence-electron chi connectivity index (χ1n) is 9.24. The predicted molar refractivity (Wildman–Crippen MR) is 107 cm³/mol. The molecule has 0 aliphatic heterocycles. The number of rotatable bonds is 7. The van der Waals surface area contributed by atoms with Crippen LogP contribution in [0.5, 0.6) is 5.75 Å². The molecule has 2 N–H and O–H groups in total. The summed E-state index contributed by atoms with van der Waals surface area (Å²) in [4.78, 5) is 15.5. The van der Waals surface area contributed by atoms with Crippen molar-refractivity contribution in [2.24, 2.45) is 0 Å². The van der Waals surface area contributed by atoms with Gasteiger partial charge in [0.1, 0.15) is 17.3 Å². The number of carbonyl (C=O) groups is 1. The van der Waals surface area contributed by atoms with E-state index >= 15 is 0 Å². The number of methoxy groups -OCH3 is 1. The molecule has 0 atom stereocenters. The third-order valence-corrected chi connectivity index (χ3v) is 4.71. The minimum Gasteiger partial charge on any atom is -0.497 e. The van der Waals surface area contributed by atoms with E-state index in [1.165, 1.54) is 12.1 Å². The van der Waals surface area contributed by atoms with E-state index in [9.17, 15) is 9.18 Å². The highest BCUT2D eigenvalue weighted by Gasteiger charge is 2.13. The number of halogens is 1. The monoisotopic (exact) mass is 393 g/mol. The summed E-state index contributed by atoms with van der Waals surface area (Å²) in [5.41, 5.74) is 3.06. The second kappa shape index (κ2) is 8.18. The van der Waals surface area contributed by atoms with Crippen molar-refractivity contribution in [2.75, 3.05) is 13.7 Å². The second-order valence-electron chi connectivity index (χ2n) is 6.72. The van der Waals surface area contributed by atoms with Crippen LogP contribution in [0.1, 0.15) is 27.4 Å². The average Bonchev–Trinajstić information content (AvgIpc) is 3.35. The van der Waals surface area contributed by atoms with Crippen LogP contribution in [0.25, 0.3) is 10.9 Å². The Hall–Kier alpha value is -3.61. The maximum atomic E-state index is 13.3. The molecule has 2 aromatic heterocycles. The quantitative estimate of drug-likeness (QED) is 0.500. The Bertz CT molecular complexity index is 1150. The van der Waals surface area contributed by atoms with Gasteiger partial charge in [-0.1, -0.05) is 17.3 Å². The lowest BCUT2D eigenvalue weighted by molar-refractivity contribution is 0.0945. The van der Waals surface area contributed by atoms with Crippen molar-refractivity contribution in [3.63, 3.8) is 0 Å². The van der Waals surface area contributed by atoms with Gasteiger partial charge in [-0.2, -0.15) is 0 Å². The van der Waals surface area contributed by atoms with E-state index in [-0.39, 0.29) is 17.4 Å². The minimum atomic E-state index is -0.310. The highest BCUT2D eigenvalue weighted by Crippen LogP contribution is 2.23. The third-order valence-electron chi connectivity index (χ3n) is 4.71. The molecule has 0 saturated heterocycles. The Morgan fingerprint density at radius 2 is 2.14 bits per heavy atom. The summed E-state index contributed by atoms with van der Waals surface area (Å²) in [6, 6.07) is 13.7. The summed E-state index contributed by atoms with van der Waals surface area (Å²) in [6.07, 6.45) is 2.98. The summed E-state index contributed by atoms with van der Waals surface area (Å²) in [6.45, 7) is 0.462. The zero-order chi connectivity index (χ0) is 20.2. The van der Waals surface area contributed by atoms with Crippen molar-refractivity contribution in [3.05, 3.63) is 83.1 Å². The fourth-order valence-corrected chi connectivity index (χ4v) is 3.25. The molecule has 1 amide bonds. The summed E-state index contributed by atoms with van der Waals surface area (Å²) < 4.78 is 23.7. The number of hydrogen-bond acceptors (Lipinski definition) is 4. The maximum absolute atomic E-state index is 13.3. The van der Waals surface area contributed by atoms with Crippen molar-refractivity contribution < 1.29 is 18.4 Å². The van der Waals surface area contributed by atoms with Gasteiger partial charge in [0.2, 0.25) is 0 Å². The normalized spacial score (nSPS) is 11.0. The third kappa shape index (κ3) is 4.29. The number of aromatic amines is 1. The van der Waals surface area contributed by atoms with Crippen LogP contribution in [-0.4, -0.2) is 29.7 Å². The summed E-state index contributed by atoms with van der Waals surface area (Å²) in [7, 11) is 1.63. The fourth-order valence-electron chi connectivity index (χ4n) is 3.25. The van der Waals surface area contributed by atoms with Crippen LogP contribution < -0.4 is 10.1 Å². The average molecular weight is 393 g/mol. The Morgan fingerprint density at radius 1 is 1.24 bits per heavy atom. The molecule has 0 bridgehead atoms. The van der Waals surface area contributed by atoms with E-state index in [2.05, 4.69) is 15.5 Å². The molecule has 0 radical (unpaired) electrons. The van der Waals surface area contributed by atoms with Crippen molar-refractivity contribution in [1.29, 1.82) is 0 Å². The van der Waals surface area contributed by atoms with E-state index in [1.807, 2.05) is 24.4 Å². The first-order chi connectivity index (χ1) is 14.1. The standard InChI is InChI=1S/C22H20FN3O3/c1-28-17-5-6-19-15(13-25-20(19)11-17)7-8-24-22(27)21-12-18(29-26-21)10-14-3-2-4-16(23)9-14/h2-6,9,11-13,25H,7-8,10H2,1H3,(H,24,27). The largest absolute Gasteiger partial charge is 0.497 e. The van der Waals surface area contributed by atoms with E-state index < -0.39 is 0 Å².